The van der Waals surface area contributed by atoms with Crippen molar-refractivity contribution >= 4 is 0 Å². The van der Waals surface area contributed by atoms with Crippen molar-refractivity contribution in [1.82, 2.24) is 0 Å². The molecule has 257 valence electrons. The van der Waals surface area contributed by atoms with Crippen molar-refractivity contribution in [3.63, 3.8) is 0 Å². The average molecular weight is 766 g/mol. The molecule has 10 heteroatoms. The van der Waals surface area contributed by atoms with E-state index in [1.54, 1.807) is 31.4 Å². The van der Waals surface area contributed by atoms with Crippen molar-refractivity contribution in [2.75, 3.05) is 46.8 Å². The van der Waals surface area contributed by atoms with Crippen LogP contribution in [0.4, 0.5) is 0 Å². The number of phenols is 2. The molecule has 8 nitrogen and oxygen atoms in total. The van der Waals surface area contributed by atoms with Gasteiger partial charge in [-0.3, -0.25) is 0 Å². The summed E-state index contributed by atoms with van der Waals surface area (Å²) in [6.07, 6.45) is 0. The number of aromatic hydroxyl groups is 2. The number of epoxide rings is 1. The molecule has 1 radical (unpaired) electrons. The van der Waals surface area contributed by atoms with Gasteiger partial charge in [0.2, 0.25) is 0 Å². The van der Waals surface area contributed by atoms with Gasteiger partial charge in [-0.25, -0.2) is 0 Å². The predicted molar refractivity (Wildman–Crippen MR) is 184 cm³/mol. The smallest absolute Gasteiger partial charge is 0.870 e. The molecule has 4 aromatic carbocycles. The van der Waals surface area contributed by atoms with E-state index in [-0.39, 0.29) is 133 Å². The second kappa shape index (κ2) is 27.5. The quantitative estimate of drug-likeness (QED) is 0.149. The van der Waals surface area contributed by atoms with E-state index < -0.39 is 0 Å². The Kier molecular flexibility index (Phi) is 29.4. The zero-order valence-corrected chi connectivity index (χ0v) is 34.6. The van der Waals surface area contributed by atoms with Crippen LogP contribution in [0, 0.1) is 0 Å². The van der Waals surface area contributed by atoms with Gasteiger partial charge in [0.15, 0.2) is 0 Å². The first-order valence-electron chi connectivity index (χ1n) is 14.7. The molecule has 48 heavy (non-hydrogen) atoms. The molecule has 5 N–H and O–H groups in total. The summed E-state index contributed by atoms with van der Waals surface area (Å²) in [5.74, 6) is 1.34. The summed E-state index contributed by atoms with van der Waals surface area (Å²) in [6, 6.07) is 33.0. The molecule has 1 fully saturated rings. The monoisotopic (exact) mass is 765 g/mol. The van der Waals surface area contributed by atoms with Crippen LogP contribution in [-0.2, 0) is 53.0 Å². The van der Waals surface area contributed by atoms with Gasteiger partial charge in [-0.05, 0) is 58.7 Å². The first-order chi connectivity index (χ1) is 21.1. The van der Waals surface area contributed by atoms with E-state index in [2.05, 4.69) is 73.6 Å². The van der Waals surface area contributed by atoms with Crippen LogP contribution in [0.15, 0.2) is 103 Å². The minimum Gasteiger partial charge on any atom is -0.870 e. The molecular formula is C38H53KO8Y. The van der Waals surface area contributed by atoms with Crippen molar-refractivity contribution in [3.8, 4) is 17.2 Å². The van der Waals surface area contributed by atoms with E-state index in [0.717, 1.165) is 30.1 Å². The maximum absolute atomic E-state index is 9.30. The fourth-order valence-corrected chi connectivity index (χ4v) is 4.17. The van der Waals surface area contributed by atoms with Gasteiger partial charge in [0.05, 0.1) is 33.0 Å². The van der Waals surface area contributed by atoms with E-state index in [1.165, 1.54) is 11.1 Å². The molecule has 0 aliphatic carbocycles. The maximum Gasteiger partial charge on any atom is 1.00 e. The van der Waals surface area contributed by atoms with E-state index in [1.807, 2.05) is 42.5 Å². The first-order valence-corrected chi connectivity index (χ1v) is 14.7. The fourth-order valence-electron chi connectivity index (χ4n) is 4.17. The number of aliphatic hydroxyl groups is 2. The number of ether oxygens (including phenoxy) is 3. The molecule has 0 amide bonds. The second-order valence-electron chi connectivity index (χ2n) is 11.1. The predicted octanol–water partition coefficient (Wildman–Crippen LogP) is 3.91. The molecule has 0 spiro atoms. The minimum atomic E-state index is -0.151. The van der Waals surface area contributed by atoms with Crippen molar-refractivity contribution in [1.29, 1.82) is 0 Å². The molecule has 1 heterocycles. The van der Waals surface area contributed by atoms with E-state index in [0.29, 0.717) is 13.2 Å². The van der Waals surface area contributed by atoms with E-state index in [4.69, 9.17) is 14.9 Å². The maximum atomic E-state index is 9.30. The number of aliphatic hydroxyl groups excluding tert-OH is 2. The van der Waals surface area contributed by atoms with Crippen molar-refractivity contribution in [2.24, 2.45) is 0 Å². The summed E-state index contributed by atoms with van der Waals surface area (Å²) in [5.41, 5.74) is 4.61. The molecule has 1 saturated heterocycles. The van der Waals surface area contributed by atoms with Crippen LogP contribution in [0.3, 0.4) is 0 Å². The van der Waals surface area contributed by atoms with Crippen LogP contribution in [0.2, 0.25) is 0 Å². The summed E-state index contributed by atoms with van der Waals surface area (Å²) >= 11 is 0. The summed E-state index contributed by atoms with van der Waals surface area (Å²) in [7, 11) is 1.55. The molecule has 1 aliphatic heterocycles. The third kappa shape index (κ3) is 18.7. The Morgan fingerprint density at radius 1 is 0.604 bits per heavy atom. The minimum absolute atomic E-state index is 0. The van der Waals surface area contributed by atoms with Crippen LogP contribution < -0.4 is 56.1 Å². The van der Waals surface area contributed by atoms with Gasteiger partial charge in [0.1, 0.15) is 23.9 Å². The van der Waals surface area contributed by atoms with Crippen LogP contribution in [0.5, 0.6) is 17.2 Å². The Hall–Kier alpha value is -1.18. The molecule has 0 saturated carbocycles. The standard InChI is InChI=1S/C17H20O2.C15H16O2.C3H8O2.C2H4O.CH4.K.H2O.Y/c1-17(2,14-6-4-3-5-7-14)15-8-10-16(11-9-15)19-13-12-18;1-15(2,11-3-7-13(16)8-4-11)12-5-9-14(17)10-6-12;1-5-3-2-4;1-2-3-1;;;;/h3-11,18H,12-13H2,1-2H3;3-10,16-17H,1-2H3;4H,2-3H2,1H3;1-2H2;1H4;;1H2;/q;;;;;+1;;/p-1. The number of hydrogen-bond acceptors (Lipinski definition) is 8. The number of methoxy groups -OCH3 is 1. The molecule has 0 bridgehead atoms. The van der Waals surface area contributed by atoms with Gasteiger partial charge >= 0.3 is 51.4 Å². The summed E-state index contributed by atoms with van der Waals surface area (Å²) < 4.78 is 14.3. The van der Waals surface area contributed by atoms with Crippen LogP contribution in [0.25, 0.3) is 0 Å². The molecule has 0 unspecified atom stereocenters. The average Bonchev–Trinajstić information content (AvgIpc) is 3.92. The van der Waals surface area contributed by atoms with Crippen LogP contribution >= 0.6 is 0 Å². The molecule has 0 aromatic heterocycles. The topological polar surface area (TPSA) is 142 Å². The third-order valence-electron chi connectivity index (χ3n) is 7.11. The fraction of sp³-hybridized carbons (Fsp3) is 0.368. The van der Waals surface area contributed by atoms with E-state index >= 15 is 0 Å². The number of phenolic OH excluding ortho intramolecular Hbond substituents is 2. The van der Waals surface area contributed by atoms with Gasteiger partial charge in [-0.15, -0.1) is 0 Å². The number of hydrogen-bond donors (Lipinski definition) is 4. The summed E-state index contributed by atoms with van der Waals surface area (Å²) in [4.78, 5) is 0. The van der Waals surface area contributed by atoms with Gasteiger partial charge < -0.3 is 40.1 Å². The van der Waals surface area contributed by atoms with E-state index in [9.17, 15) is 10.2 Å². The first kappa shape index (κ1) is 51.2. The third-order valence-corrected chi connectivity index (χ3v) is 7.11. The summed E-state index contributed by atoms with van der Waals surface area (Å²) in [6.45, 7) is 11.6. The van der Waals surface area contributed by atoms with Crippen molar-refractivity contribution < 1.29 is 124 Å². The molecule has 5 rings (SSSR count). The van der Waals surface area contributed by atoms with Crippen molar-refractivity contribution in [3.05, 3.63) is 125 Å². The number of rotatable bonds is 9. The van der Waals surface area contributed by atoms with Gasteiger partial charge in [-0.1, -0.05) is 102 Å². The summed E-state index contributed by atoms with van der Waals surface area (Å²) in [5, 5.41) is 35.3. The van der Waals surface area contributed by atoms with Crippen molar-refractivity contribution in [2.45, 2.75) is 46.0 Å². The Morgan fingerprint density at radius 3 is 1.23 bits per heavy atom. The molecular weight excluding hydrogens is 712 g/mol. The van der Waals surface area contributed by atoms with Gasteiger partial charge in [0, 0.05) is 50.6 Å². The van der Waals surface area contributed by atoms with Gasteiger partial charge in [-0.2, -0.15) is 0 Å². The van der Waals surface area contributed by atoms with Crippen LogP contribution in [0.1, 0.15) is 57.4 Å². The molecule has 0 atom stereocenters. The van der Waals surface area contributed by atoms with Gasteiger partial charge in [0.25, 0.3) is 0 Å². The zero-order valence-electron chi connectivity index (χ0n) is 28.6. The largest absolute Gasteiger partial charge is 1.00 e. The normalized spacial score (nSPS) is 10.9. The Balaban J connectivity index is -0.000000643. The Labute approximate surface area is 355 Å². The second-order valence-corrected chi connectivity index (χ2v) is 11.1. The number of benzene rings is 4. The molecule has 1 aliphatic rings. The Morgan fingerprint density at radius 2 is 0.938 bits per heavy atom. The Bertz CT molecular complexity index is 1260. The molecule has 4 aromatic rings. The zero-order chi connectivity index (χ0) is 32.4. The van der Waals surface area contributed by atoms with Crippen LogP contribution in [-0.4, -0.2) is 72.7 Å². The SMILES string of the molecule is C.C1CO1.CC(C)(c1ccc(O)cc1)c1ccc(O)cc1.CC(C)(c1ccccc1)c1ccc(OCCO)cc1.COCCO.[K+].[OH-].[Y].